The zero-order chi connectivity index (χ0) is 20.3. The van der Waals surface area contributed by atoms with Crippen molar-refractivity contribution in [3.63, 3.8) is 0 Å². The number of carbonyl (C=O) groups excluding carboxylic acids is 1. The molecule has 2 N–H and O–H groups in total. The molecular formula is C19H18BrN3O3S2. The molecule has 0 unspecified atom stereocenters. The largest absolute Gasteiger partial charge is 0.334 e. The smallest absolute Gasteiger partial charge is 0.283 e. The van der Waals surface area contributed by atoms with E-state index in [1.807, 2.05) is 36.8 Å². The van der Waals surface area contributed by atoms with Gasteiger partial charge in [-0.05, 0) is 58.1 Å². The molecule has 0 aliphatic carbocycles. The Kier molecular flexibility index (Phi) is 6.17. The Labute approximate surface area is 176 Å². The Morgan fingerprint density at radius 2 is 2.00 bits per heavy atom. The fourth-order valence-corrected chi connectivity index (χ4v) is 4.80. The van der Waals surface area contributed by atoms with Crippen LogP contribution in [0.15, 0.2) is 57.3 Å². The number of aromatic nitrogens is 1. The predicted octanol–water partition coefficient (Wildman–Crippen LogP) is 4.95. The van der Waals surface area contributed by atoms with Gasteiger partial charge in [0.05, 0.1) is 14.9 Å². The highest BCUT2D eigenvalue weighted by atomic mass is 79.9. The van der Waals surface area contributed by atoms with Crippen LogP contribution in [0.25, 0.3) is 11.1 Å². The molecule has 1 heterocycles. The van der Waals surface area contributed by atoms with E-state index in [0.29, 0.717) is 11.6 Å². The number of rotatable bonds is 5. The lowest BCUT2D eigenvalue weighted by atomic mass is 9.97. The number of carbonyl (C=O) groups is 1. The van der Waals surface area contributed by atoms with E-state index >= 15 is 0 Å². The lowest BCUT2D eigenvalue weighted by Crippen LogP contribution is -2.34. The normalized spacial score (nSPS) is 11.2. The zero-order valence-corrected chi connectivity index (χ0v) is 18.4. The summed E-state index contributed by atoms with van der Waals surface area (Å²) in [6, 6.07) is 12.1. The van der Waals surface area contributed by atoms with Gasteiger partial charge in [-0.25, -0.2) is 22.9 Å². The van der Waals surface area contributed by atoms with Gasteiger partial charge in [0.15, 0.2) is 5.13 Å². The van der Waals surface area contributed by atoms with E-state index < -0.39 is 16.1 Å². The molecule has 0 atom stereocenters. The second-order valence-electron chi connectivity index (χ2n) is 6.07. The average Bonchev–Trinajstić information content (AvgIpc) is 3.05. The van der Waals surface area contributed by atoms with Gasteiger partial charge in [0.2, 0.25) is 0 Å². The summed E-state index contributed by atoms with van der Waals surface area (Å²) < 4.78 is 28.0. The van der Waals surface area contributed by atoms with Gasteiger partial charge in [-0.1, -0.05) is 54.2 Å². The number of amides is 2. The second kappa shape index (κ2) is 8.42. The number of hydrogen-bond donors (Lipinski definition) is 2. The van der Waals surface area contributed by atoms with Crippen molar-refractivity contribution in [1.82, 2.24) is 9.71 Å². The third-order valence-corrected chi connectivity index (χ3v) is 6.74. The van der Waals surface area contributed by atoms with Gasteiger partial charge in [-0.3, -0.25) is 5.32 Å². The highest BCUT2D eigenvalue weighted by Gasteiger charge is 2.20. The van der Waals surface area contributed by atoms with Crippen molar-refractivity contribution in [3.05, 3.63) is 63.6 Å². The maximum absolute atomic E-state index is 12.6. The maximum Gasteiger partial charge on any atom is 0.334 e. The number of sulfonamides is 1. The summed E-state index contributed by atoms with van der Waals surface area (Å²) in [6.07, 6.45) is 2.18. The number of nitrogens with zero attached hydrogens (tertiary/aromatic N) is 1. The van der Waals surface area contributed by atoms with Crippen molar-refractivity contribution < 1.29 is 13.2 Å². The molecule has 146 valence electrons. The van der Waals surface area contributed by atoms with Crippen LogP contribution in [-0.2, 0) is 16.4 Å². The van der Waals surface area contributed by atoms with Crippen LogP contribution in [-0.4, -0.2) is 19.4 Å². The summed E-state index contributed by atoms with van der Waals surface area (Å²) in [5.41, 5.74) is 4.02. The van der Waals surface area contributed by atoms with Gasteiger partial charge in [-0.2, -0.15) is 0 Å². The number of anilines is 1. The fourth-order valence-electron chi connectivity index (χ4n) is 2.74. The minimum absolute atomic E-state index is 0.0382. The first-order chi connectivity index (χ1) is 13.3. The van der Waals surface area contributed by atoms with Crippen LogP contribution in [0.4, 0.5) is 9.93 Å². The molecular weight excluding hydrogens is 462 g/mol. The first kappa shape index (κ1) is 20.5. The summed E-state index contributed by atoms with van der Waals surface area (Å²) in [5.74, 6) is 0. The highest BCUT2D eigenvalue weighted by Crippen LogP contribution is 2.28. The minimum atomic E-state index is -4.01. The van der Waals surface area contributed by atoms with E-state index in [9.17, 15) is 13.2 Å². The molecule has 9 heteroatoms. The van der Waals surface area contributed by atoms with E-state index in [0.717, 1.165) is 26.0 Å². The predicted molar refractivity (Wildman–Crippen MR) is 115 cm³/mol. The monoisotopic (exact) mass is 479 g/mol. The molecule has 0 fully saturated rings. The maximum atomic E-state index is 12.6. The lowest BCUT2D eigenvalue weighted by molar-refractivity contribution is 0.256. The highest BCUT2D eigenvalue weighted by molar-refractivity contribution is 9.11. The quantitative estimate of drug-likeness (QED) is 0.541. The molecule has 0 saturated carbocycles. The van der Waals surface area contributed by atoms with Gasteiger partial charge in [0, 0.05) is 0 Å². The number of benzene rings is 2. The van der Waals surface area contributed by atoms with Crippen LogP contribution in [0.3, 0.4) is 0 Å². The number of hydrogen-bond acceptors (Lipinski definition) is 5. The SMILES string of the molecule is CCc1cc(S(=O)(=O)NC(=O)Nc2ncc(Br)s2)ccc1-c1cccc(C)c1. The van der Waals surface area contributed by atoms with Gasteiger partial charge in [-0.15, -0.1) is 0 Å². The van der Waals surface area contributed by atoms with E-state index in [1.165, 1.54) is 23.6 Å². The number of thiazole rings is 1. The van der Waals surface area contributed by atoms with Crippen LogP contribution >= 0.6 is 27.3 Å². The topological polar surface area (TPSA) is 88.2 Å². The molecule has 28 heavy (non-hydrogen) atoms. The zero-order valence-electron chi connectivity index (χ0n) is 15.2. The van der Waals surface area contributed by atoms with Gasteiger partial charge < -0.3 is 0 Å². The van der Waals surface area contributed by atoms with E-state index in [1.54, 1.807) is 12.1 Å². The molecule has 3 aromatic rings. The van der Waals surface area contributed by atoms with Gasteiger partial charge in [0.1, 0.15) is 0 Å². The van der Waals surface area contributed by atoms with Crippen molar-refractivity contribution in [2.45, 2.75) is 25.2 Å². The number of halogens is 1. The van der Waals surface area contributed by atoms with Crippen LogP contribution in [0.5, 0.6) is 0 Å². The summed E-state index contributed by atoms with van der Waals surface area (Å²) in [6.45, 7) is 3.98. The summed E-state index contributed by atoms with van der Waals surface area (Å²) in [5, 5.41) is 2.70. The first-order valence-corrected chi connectivity index (χ1v) is 11.5. The van der Waals surface area contributed by atoms with Crippen LogP contribution < -0.4 is 10.0 Å². The molecule has 0 bridgehead atoms. The Balaban J connectivity index is 1.84. The van der Waals surface area contributed by atoms with Crippen LogP contribution in [0.1, 0.15) is 18.1 Å². The van der Waals surface area contributed by atoms with E-state index in [4.69, 9.17) is 0 Å². The summed E-state index contributed by atoms with van der Waals surface area (Å²) >= 11 is 4.42. The molecule has 0 saturated heterocycles. The van der Waals surface area contributed by atoms with Gasteiger partial charge >= 0.3 is 6.03 Å². The van der Waals surface area contributed by atoms with Crippen molar-refractivity contribution in [1.29, 1.82) is 0 Å². The van der Waals surface area contributed by atoms with Crippen molar-refractivity contribution in [3.8, 4) is 11.1 Å². The number of urea groups is 1. The molecule has 6 nitrogen and oxygen atoms in total. The molecule has 0 spiro atoms. The van der Waals surface area contributed by atoms with Gasteiger partial charge in [0.25, 0.3) is 10.0 Å². The van der Waals surface area contributed by atoms with Crippen molar-refractivity contribution in [2.24, 2.45) is 0 Å². The second-order valence-corrected chi connectivity index (χ2v) is 10.2. The van der Waals surface area contributed by atoms with Crippen molar-refractivity contribution in [2.75, 3.05) is 5.32 Å². The molecule has 1 aromatic heterocycles. The van der Waals surface area contributed by atoms with E-state index in [-0.39, 0.29) is 4.90 Å². The molecule has 2 aromatic carbocycles. The third-order valence-electron chi connectivity index (χ3n) is 4.02. The van der Waals surface area contributed by atoms with Crippen molar-refractivity contribution >= 4 is 48.5 Å². The first-order valence-electron chi connectivity index (χ1n) is 8.43. The number of aryl methyl sites for hydroxylation is 2. The molecule has 0 radical (unpaired) electrons. The lowest BCUT2D eigenvalue weighted by Gasteiger charge is -2.12. The third kappa shape index (κ3) is 4.78. The minimum Gasteiger partial charge on any atom is -0.283 e. The summed E-state index contributed by atoms with van der Waals surface area (Å²) in [7, 11) is -4.01. The standard InChI is InChI=1S/C19H18BrN3O3S2/c1-3-13-10-15(7-8-16(13)14-6-4-5-12(2)9-14)28(25,26)23-18(24)22-19-21-11-17(20)27-19/h4-11H,3H2,1-2H3,(H2,21,22,23,24). The average molecular weight is 480 g/mol. The Bertz CT molecular complexity index is 1130. The van der Waals surface area contributed by atoms with Crippen LogP contribution in [0.2, 0.25) is 0 Å². The molecule has 0 aliphatic rings. The Morgan fingerprint density at radius 1 is 1.21 bits per heavy atom. The Morgan fingerprint density at radius 3 is 2.64 bits per heavy atom. The molecule has 3 rings (SSSR count). The fraction of sp³-hybridized carbons (Fsp3) is 0.158. The molecule has 0 aliphatic heterocycles. The van der Waals surface area contributed by atoms with E-state index in [2.05, 4.69) is 32.3 Å². The Hall–Kier alpha value is -2.23. The van der Waals surface area contributed by atoms with Crippen LogP contribution in [0, 0.1) is 6.92 Å². The number of nitrogens with one attached hydrogen (secondary N) is 2. The summed E-state index contributed by atoms with van der Waals surface area (Å²) in [4.78, 5) is 16.0. The molecule has 2 amide bonds.